The molecule has 0 spiro atoms. The number of benzene rings is 2. The van der Waals surface area contributed by atoms with Crippen LogP contribution < -0.4 is 5.73 Å². The average Bonchev–Trinajstić information content (AvgIpc) is 2.45. The second-order valence-corrected chi connectivity index (χ2v) is 4.27. The summed E-state index contributed by atoms with van der Waals surface area (Å²) in [7, 11) is 0. The minimum Gasteiger partial charge on any atom is -0.320 e. The number of ketones is 1. The second kappa shape index (κ2) is 6.19. The minimum absolute atomic E-state index is 0.132. The molecule has 0 atom stereocenters. The SMILES string of the molecule is NCC#Cc1ccccc1C(=O)c1ccccc1Cl. The Hall–Kier alpha value is -2.08. The Balaban J connectivity index is 2.48. The van der Waals surface area contributed by atoms with Gasteiger partial charge in [0.15, 0.2) is 5.78 Å². The Bertz CT molecular complexity index is 668. The Morgan fingerprint density at radius 2 is 1.68 bits per heavy atom. The van der Waals surface area contributed by atoms with E-state index in [1.165, 1.54) is 0 Å². The average molecular weight is 270 g/mol. The van der Waals surface area contributed by atoms with Crippen LogP contribution in [0.4, 0.5) is 0 Å². The standard InChI is InChI=1S/C16H12ClNO/c17-15-10-4-3-9-14(15)16(19)13-8-2-1-6-12(13)7-5-11-18/h1-4,6,8-10H,11,18H2. The summed E-state index contributed by atoms with van der Waals surface area (Å²) >= 11 is 6.05. The van der Waals surface area contributed by atoms with Gasteiger partial charge in [-0.05, 0) is 24.3 Å². The highest BCUT2D eigenvalue weighted by atomic mass is 35.5. The molecule has 0 unspecified atom stereocenters. The first kappa shape index (κ1) is 13.4. The summed E-state index contributed by atoms with van der Waals surface area (Å²) in [6.45, 7) is 0.259. The van der Waals surface area contributed by atoms with Crippen LogP contribution in [0.2, 0.25) is 5.02 Å². The first-order valence-corrected chi connectivity index (χ1v) is 6.19. The summed E-state index contributed by atoms with van der Waals surface area (Å²) in [5.74, 6) is 5.53. The van der Waals surface area contributed by atoms with Gasteiger partial charge in [0.1, 0.15) is 0 Å². The van der Waals surface area contributed by atoms with E-state index >= 15 is 0 Å². The normalized spacial score (nSPS) is 9.58. The highest BCUT2D eigenvalue weighted by molar-refractivity contribution is 6.35. The van der Waals surface area contributed by atoms with Crippen LogP contribution in [0, 0.1) is 11.8 Å². The molecule has 3 heteroatoms. The third-order valence-electron chi connectivity index (χ3n) is 2.62. The lowest BCUT2D eigenvalue weighted by Gasteiger charge is -2.05. The van der Waals surface area contributed by atoms with Gasteiger partial charge >= 0.3 is 0 Å². The molecule has 0 aliphatic heterocycles. The van der Waals surface area contributed by atoms with Crippen LogP contribution in [-0.4, -0.2) is 12.3 Å². The van der Waals surface area contributed by atoms with E-state index in [-0.39, 0.29) is 12.3 Å². The van der Waals surface area contributed by atoms with Crippen molar-refractivity contribution in [2.24, 2.45) is 5.73 Å². The van der Waals surface area contributed by atoms with Gasteiger partial charge in [-0.3, -0.25) is 4.79 Å². The summed E-state index contributed by atoms with van der Waals surface area (Å²) in [6, 6.07) is 14.2. The Kier molecular flexibility index (Phi) is 4.35. The van der Waals surface area contributed by atoms with Crippen LogP contribution in [0.1, 0.15) is 21.5 Å². The topological polar surface area (TPSA) is 43.1 Å². The second-order valence-electron chi connectivity index (χ2n) is 3.86. The first-order valence-electron chi connectivity index (χ1n) is 5.81. The van der Waals surface area contributed by atoms with Gasteiger partial charge in [-0.1, -0.05) is 47.7 Å². The van der Waals surface area contributed by atoms with E-state index in [0.29, 0.717) is 21.7 Å². The molecular formula is C16H12ClNO. The number of carbonyl (C=O) groups excluding carboxylic acids is 1. The van der Waals surface area contributed by atoms with Crippen molar-refractivity contribution in [1.29, 1.82) is 0 Å². The van der Waals surface area contributed by atoms with Crippen molar-refractivity contribution in [2.75, 3.05) is 6.54 Å². The van der Waals surface area contributed by atoms with Crippen LogP contribution in [0.3, 0.4) is 0 Å². The molecule has 0 bridgehead atoms. The number of hydrogen-bond acceptors (Lipinski definition) is 2. The fraction of sp³-hybridized carbons (Fsp3) is 0.0625. The zero-order valence-electron chi connectivity index (χ0n) is 10.2. The molecule has 2 aromatic carbocycles. The van der Waals surface area contributed by atoms with Crippen molar-refractivity contribution in [3.8, 4) is 11.8 Å². The zero-order valence-corrected chi connectivity index (χ0v) is 10.9. The molecule has 2 nitrogen and oxygen atoms in total. The Morgan fingerprint density at radius 3 is 2.37 bits per heavy atom. The molecule has 2 aromatic rings. The van der Waals surface area contributed by atoms with Gasteiger partial charge in [0.2, 0.25) is 0 Å². The van der Waals surface area contributed by atoms with Gasteiger partial charge in [0, 0.05) is 16.7 Å². The van der Waals surface area contributed by atoms with E-state index in [0.717, 1.165) is 0 Å². The van der Waals surface area contributed by atoms with E-state index in [9.17, 15) is 4.79 Å². The molecule has 0 radical (unpaired) electrons. The Labute approximate surface area is 117 Å². The predicted octanol–water partition coefficient (Wildman–Crippen LogP) is 2.88. The van der Waals surface area contributed by atoms with Gasteiger partial charge in [-0.2, -0.15) is 0 Å². The molecule has 94 valence electrons. The molecule has 0 heterocycles. The molecule has 0 saturated heterocycles. The fourth-order valence-electron chi connectivity index (χ4n) is 1.73. The number of halogens is 1. The van der Waals surface area contributed by atoms with Crippen molar-refractivity contribution in [3.05, 3.63) is 70.2 Å². The number of carbonyl (C=O) groups is 1. The lowest BCUT2D eigenvalue weighted by molar-refractivity contribution is 0.103. The third-order valence-corrected chi connectivity index (χ3v) is 2.94. The largest absolute Gasteiger partial charge is 0.320 e. The third kappa shape index (κ3) is 3.03. The molecule has 2 N–H and O–H groups in total. The van der Waals surface area contributed by atoms with Crippen LogP contribution >= 0.6 is 11.6 Å². The predicted molar refractivity (Wildman–Crippen MR) is 77.3 cm³/mol. The van der Waals surface area contributed by atoms with Crippen molar-refractivity contribution >= 4 is 17.4 Å². The molecule has 2 rings (SSSR count). The highest BCUT2D eigenvalue weighted by Gasteiger charge is 2.14. The maximum Gasteiger partial charge on any atom is 0.195 e. The lowest BCUT2D eigenvalue weighted by atomic mass is 9.98. The highest BCUT2D eigenvalue weighted by Crippen LogP contribution is 2.20. The molecule has 19 heavy (non-hydrogen) atoms. The van der Waals surface area contributed by atoms with Gasteiger partial charge in [-0.15, -0.1) is 0 Å². The van der Waals surface area contributed by atoms with Crippen molar-refractivity contribution in [1.82, 2.24) is 0 Å². The fourth-order valence-corrected chi connectivity index (χ4v) is 1.95. The van der Waals surface area contributed by atoms with E-state index in [2.05, 4.69) is 11.8 Å². The van der Waals surface area contributed by atoms with Crippen LogP contribution in [-0.2, 0) is 0 Å². The maximum atomic E-state index is 12.5. The number of rotatable bonds is 2. The van der Waals surface area contributed by atoms with Gasteiger partial charge in [0.25, 0.3) is 0 Å². The summed E-state index contributed by atoms with van der Waals surface area (Å²) in [5, 5.41) is 0.439. The van der Waals surface area contributed by atoms with Crippen molar-refractivity contribution in [2.45, 2.75) is 0 Å². The summed E-state index contributed by atoms with van der Waals surface area (Å²) in [5.41, 5.74) is 7.04. The molecule has 0 saturated carbocycles. The molecule has 0 aliphatic carbocycles. The van der Waals surface area contributed by atoms with Crippen LogP contribution in [0.25, 0.3) is 0 Å². The molecule has 0 amide bonds. The summed E-state index contributed by atoms with van der Waals surface area (Å²) in [4.78, 5) is 12.5. The first-order chi connectivity index (χ1) is 9.24. The minimum atomic E-state index is -0.132. The molecule has 0 fully saturated rings. The van der Waals surface area contributed by atoms with Gasteiger partial charge in [0.05, 0.1) is 11.6 Å². The summed E-state index contributed by atoms with van der Waals surface area (Å²) < 4.78 is 0. The molecule has 0 aliphatic rings. The van der Waals surface area contributed by atoms with Gasteiger partial charge < -0.3 is 5.73 Å². The zero-order chi connectivity index (χ0) is 13.7. The van der Waals surface area contributed by atoms with E-state index < -0.39 is 0 Å². The number of nitrogens with two attached hydrogens (primary N) is 1. The molecular weight excluding hydrogens is 258 g/mol. The quantitative estimate of drug-likeness (QED) is 0.673. The van der Waals surface area contributed by atoms with Crippen molar-refractivity contribution in [3.63, 3.8) is 0 Å². The number of hydrogen-bond donors (Lipinski definition) is 1. The lowest BCUT2D eigenvalue weighted by Crippen LogP contribution is -2.04. The monoisotopic (exact) mass is 269 g/mol. The van der Waals surface area contributed by atoms with E-state index in [1.807, 2.05) is 6.07 Å². The summed E-state index contributed by atoms with van der Waals surface area (Å²) in [6.07, 6.45) is 0. The smallest absolute Gasteiger partial charge is 0.195 e. The van der Waals surface area contributed by atoms with Gasteiger partial charge in [-0.25, -0.2) is 0 Å². The van der Waals surface area contributed by atoms with Crippen LogP contribution in [0.15, 0.2) is 48.5 Å². The van der Waals surface area contributed by atoms with Crippen molar-refractivity contribution < 1.29 is 4.79 Å². The van der Waals surface area contributed by atoms with Crippen LogP contribution in [0.5, 0.6) is 0 Å². The van der Waals surface area contributed by atoms with E-state index in [4.69, 9.17) is 17.3 Å². The molecule has 0 aromatic heterocycles. The van der Waals surface area contributed by atoms with E-state index in [1.54, 1.807) is 42.5 Å². The maximum absolute atomic E-state index is 12.5. The Morgan fingerprint density at radius 1 is 1.05 bits per heavy atom.